The maximum absolute atomic E-state index is 14.3. The molecule has 9 atom stereocenters. The Kier molecular flexibility index (Phi) is 13.2. The Bertz CT molecular complexity index is 1580. The highest BCUT2D eigenvalue weighted by Gasteiger charge is 2.57. The van der Waals surface area contributed by atoms with Gasteiger partial charge in [0.2, 0.25) is 5.91 Å². The predicted molar refractivity (Wildman–Crippen MR) is 210 cm³/mol. The molecule has 1 heterocycles. The Morgan fingerprint density at radius 1 is 1.11 bits per heavy atom. The average Bonchev–Trinajstić information content (AvgIpc) is 3.48. The first kappa shape index (κ1) is 41.0. The first-order valence-corrected chi connectivity index (χ1v) is 19.7. The zero-order valence-electron chi connectivity index (χ0n) is 33.7. The fraction of sp³-hybridized carbons (Fsp3) is 0.667. The molecule has 2 aromatic carbocycles. The van der Waals surface area contributed by atoms with Gasteiger partial charge in [-0.1, -0.05) is 52.3 Å². The maximum atomic E-state index is 14.3. The van der Waals surface area contributed by atoms with E-state index in [0.717, 1.165) is 48.2 Å². The van der Waals surface area contributed by atoms with Crippen LogP contribution in [0.2, 0.25) is 0 Å². The summed E-state index contributed by atoms with van der Waals surface area (Å²) in [5.74, 6) is 1.15. The Morgan fingerprint density at radius 3 is 2.43 bits per heavy atom. The van der Waals surface area contributed by atoms with Crippen LogP contribution < -0.4 is 20.3 Å². The summed E-state index contributed by atoms with van der Waals surface area (Å²) in [6, 6.07) is 11.0. The van der Waals surface area contributed by atoms with Crippen LogP contribution in [0.1, 0.15) is 83.1 Å². The van der Waals surface area contributed by atoms with Crippen molar-refractivity contribution in [3.63, 3.8) is 0 Å². The minimum atomic E-state index is -0.894. The average molecular weight is 736 g/mol. The third-order valence-electron chi connectivity index (χ3n) is 12.3. The van der Waals surface area contributed by atoms with Crippen LogP contribution in [0.15, 0.2) is 36.4 Å². The summed E-state index contributed by atoms with van der Waals surface area (Å²) >= 11 is 0. The van der Waals surface area contributed by atoms with Gasteiger partial charge in [-0.05, 0) is 94.1 Å². The third kappa shape index (κ3) is 8.70. The van der Waals surface area contributed by atoms with Gasteiger partial charge in [0.1, 0.15) is 17.9 Å². The summed E-state index contributed by atoms with van der Waals surface area (Å²) in [5.41, 5.74) is 4.14. The molecule has 53 heavy (non-hydrogen) atoms. The number of rotatable bonds is 16. The van der Waals surface area contributed by atoms with Crippen LogP contribution in [0, 0.1) is 29.1 Å². The quantitative estimate of drug-likeness (QED) is 0.190. The van der Waals surface area contributed by atoms with Crippen LogP contribution in [-0.2, 0) is 16.2 Å². The van der Waals surface area contributed by atoms with E-state index in [1.807, 2.05) is 76.4 Å². The van der Waals surface area contributed by atoms with Gasteiger partial charge in [-0.25, -0.2) is 0 Å². The number of hydrogen-bond donors (Lipinski definition) is 4. The van der Waals surface area contributed by atoms with E-state index in [-0.39, 0.29) is 42.5 Å². The van der Waals surface area contributed by atoms with Gasteiger partial charge in [0.25, 0.3) is 5.91 Å². The van der Waals surface area contributed by atoms with Crippen LogP contribution in [0.5, 0.6) is 5.75 Å². The number of aliphatic hydroxyl groups is 2. The number of nitrogens with zero attached hydrogens (tertiary/aromatic N) is 3. The molecule has 4 N–H and O–H groups in total. The summed E-state index contributed by atoms with van der Waals surface area (Å²) in [6.45, 7) is 13.6. The highest BCUT2D eigenvalue weighted by Crippen LogP contribution is 2.61. The molecule has 2 aromatic rings. The molecule has 11 nitrogen and oxygen atoms in total. The molecule has 11 heteroatoms. The second kappa shape index (κ2) is 17.1. The van der Waals surface area contributed by atoms with Gasteiger partial charge in [0.05, 0.1) is 25.9 Å². The molecule has 2 amide bonds. The van der Waals surface area contributed by atoms with Gasteiger partial charge < -0.3 is 35.4 Å². The van der Waals surface area contributed by atoms with E-state index in [1.54, 1.807) is 12.0 Å². The zero-order valence-corrected chi connectivity index (χ0v) is 33.7. The van der Waals surface area contributed by atoms with Crippen LogP contribution >= 0.6 is 0 Å². The molecule has 1 aliphatic heterocycles. The second-order valence-corrected chi connectivity index (χ2v) is 16.8. The van der Waals surface area contributed by atoms with Gasteiger partial charge in [-0.2, -0.15) is 5.06 Å². The molecular formula is C42H65N5O6. The number of aliphatic hydroxyl groups excluding tert-OH is 2. The SMILES string of the molecule is CCC[C@@H](CN(C)C)NC(=O)c1cc(-c2cccc(CN3O[C@@H](CO)[C@@H]([C@H](C)O)[C@H]3C(=O)N[C@H]3C[C@H]4C[C@@H]([C@@H]3C)C4(C)C)c2OCC)cc(N(C)C)c1. The molecule has 294 valence electrons. The van der Waals surface area contributed by atoms with E-state index in [2.05, 4.69) is 43.2 Å². The smallest absolute Gasteiger partial charge is 0.251 e. The fourth-order valence-electron chi connectivity index (χ4n) is 9.33. The number of carbonyl (C=O) groups is 2. The normalized spacial score (nSPS) is 27.5. The molecule has 2 bridgehead atoms. The number of anilines is 1. The predicted octanol–water partition coefficient (Wildman–Crippen LogP) is 4.94. The summed E-state index contributed by atoms with van der Waals surface area (Å²) < 4.78 is 6.37. The van der Waals surface area contributed by atoms with E-state index in [1.165, 1.54) is 6.42 Å². The standard InChI is InChI=1S/C42H65N5O6/c1-11-14-31(23-45(7)8)43-40(50)29-17-28(18-32(19-29)46(9)10)33-16-13-15-27(39(33)52-12-2)22-47-38(37(26(4)49)36(24-48)53-47)41(51)44-35-21-30-20-34(25(35)3)42(30,5)6/h13,15-19,25-26,30-31,34-38,48-49H,11-12,14,20-24H2,1-10H3,(H,43,50)(H,44,51)/t25-,26-,30+,31-,34-,35-,36-,37+,38-/m0/s1. The van der Waals surface area contributed by atoms with Gasteiger partial charge in [0.15, 0.2) is 0 Å². The van der Waals surface area contributed by atoms with Crippen molar-refractivity contribution in [3.8, 4) is 16.9 Å². The van der Waals surface area contributed by atoms with E-state index >= 15 is 0 Å². The lowest BCUT2D eigenvalue weighted by atomic mass is 9.45. The Hall–Kier alpha value is -3.22. The molecular weight excluding hydrogens is 670 g/mol. The highest BCUT2D eigenvalue weighted by molar-refractivity contribution is 5.97. The third-order valence-corrected chi connectivity index (χ3v) is 12.3. The van der Waals surface area contributed by atoms with Crippen molar-refractivity contribution in [1.82, 2.24) is 20.6 Å². The van der Waals surface area contributed by atoms with Crippen molar-refractivity contribution in [3.05, 3.63) is 47.5 Å². The molecule has 0 aromatic heterocycles. The molecule has 0 radical (unpaired) electrons. The second-order valence-electron chi connectivity index (χ2n) is 16.8. The Labute approximate surface area is 317 Å². The largest absolute Gasteiger partial charge is 0.493 e. The number of benzene rings is 2. The van der Waals surface area contributed by atoms with Crippen molar-refractivity contribution >= 4 is 17.5 Å². The first-order chi connectivity index (χ1) is 25.1. The minimum Gasteiger partial charge on any atom is -0.493 e. The van der Waals surface area contributed by atoms with E-state index in [4.69, 9.17) is 9.57 Å². The summed E-state index contributed by atoms with van der Waals surface area (Å²) in [6.07, 6.45) is 2.34. The van der Waals surface area contributed by atoms with Gasteiger partial charge in [-0.3, -0.25) is 14.4 Å². The van der Waals surface area contributed by atoms with Crippen molar-refractivity contribution in [2.45, 2.75) is 104 Å². The van der Waals surface area contributed by atoms with Gasteiger partial charge in [0, 0.05) is 61.0 Å². The van der Waals surface area contributed by atoms with Crippen molar-refractivity contribution in [2.75, 3.05) is 52.8 Å². The van der Waals surface area contributed by atoms with Crippen molar-refractivity contribution in [1.29, 1.82) is 0 Å². The van der Waals surface area contributed by atoms with E-state index in [0.29, 0.717) is 35.7 Å². The molecule has 4 aliphatic rings. The number of hydroxylamine groups is 2. The zero-order chi connectivity index (χ0) is 38.8. The molecule has 3 aliphatic carbocycles. The summed E-state index contributed by atoms with van der Waals surface area (Å²) in [7, 11) is 7.93. The van der Waals surface area contributed by atoms with E-state index in [9.17, 15) is 19.8 Å². The van der Waals surface area contributed by atoms with E-state index < -0.39 is 24.2 Å². The number of amides is 2. The van der Waals surface area contributed by atoms with Crippen LogP contribution in [0.3, 0.4) is 0 Å². The van der Waals surface area contributed by atoms with Crippen molar-refractivity contribution in [2.24, 2.45) is 29.1 Å². The minimum absolute atomic E-state index is 0.0222. The highest BCUT2D eigenvalue weighted by atomic mass is 16.7. The number of hydrogen-bond acceptors (Lipinski definition) is 9. The maximum Gasteiger partial charge on any atom is 0.251 e. The molecule has 6 rings (SSSR count). The fourth-order valence-corrected chi connectivity index (χ4v) is 9.33. The Balaban J connectivity index is 1.47. The molecule has 3 saturated carbocycles. The lowest BCUT2D eigenvalue weighted by Crippen LogP contribution is -2.62. The topological polar surface area (TPSA) is 127 Å². The Morgan fingerprint density at radius 2 is 1.85 bits per heavy atom. The number of likely N-dealkylation sites (N-methyl/N-ethyl adjacent to an activating group) is 1. The molecule has 0 unspecified atom stereocenters. The first-order valence-electron chi connectivity index (χ1n) is 19.7. The van der Waals surface area contributed by atoms with Crippen LogP contribution in [0.25, 0.3) is 11.1 Å². The van der Waals surface area contributed by atoms with Crippen molar-refractivity contribution < 1.29 is 29.4 Å². The summed E-state index contributed by atoms with van der Waals surface area (Å²) in [4.78, 5) is 38.4. The monoisotopic (exact) mass is 735 g/mol. The summed E-state index contributed by atoms with van der Waals surface area (Å²) in [5, 5.41) is 29.6. The molecule has 0 spiro atoms. The van der Waals surface area contributed by atoms with Gasteiger partial charge >= 0.3 is 0 Å². The number of nitrogens with one attached hydrogen (secondary N) is 2. The lowest BCUT2D eigenvalue weighted by Gasteiger charge is -2.62. The molecule has 4 fully saturated rings. The number of ether oxygens (including phenoxy) is 1. The number of fused-ring (bicyclic) bond motifs is 2. The number of carbonyl (C=O) groups excluding carboxylic acids is 2. The lowest BCUT2D eigenvalue weighted by molar-refractivity contribution is -0.183. The van der Waals surface area contributed by atoms with Crippen LogP contribution in [-0.4, -0.2) is 110 Å². The van der Waals surface area contributed by atoms with Gasteiger partial charge in [-0.15, -0.1) is 0 Å². The number of para-hydroxylation sites is 1. The van der Waals surface area contributed by atoms with Crippen LogP contribution in [0.4, 0.5) is 5.69 Å². The molecule has 1 saturated heterocycles.